The van der Waals surface area contributed by atoms with Crippen molar-refractivity contribution in [1.82, 2.24) is 10.2 Å². The predicted molar refractivity (Wildman–Crippen MR) is 95.1 cm³/mol. The number of anilines is 1. The first-order chi connectivity index (χ1) is 12.4. The Bertz CT molecular complexity index is 934. The number of rotatable bonds is 5. The molecule has 1 N–H and O–H groups in total. The fourth-order valence-electron chi connectivity index (χ4n) is 2.00. The molecule has 9 heteroatoms. The van der Waals surface area contributed by atoms with Crippen LogP contribution in [-0.4, -0.2) is 21.4 Å². The molecule has 3 aromatic rings. The van der Waals surface area contributed by atoms with E-state index >= 15 is 0 Å². The summed E-state index contributed by atoms with van der Waals surface area (Å²) in [7, 11) is 0. The van der Waals surface area contributed by atoms with Gasteiger partial charge in [0.25, 0.3) is 5.22 Å². The zero-order valence-electron chi connectivity index (χ0n) is 13.4. The van der Waals surface area contributed by atoms with Crippen molar-refractivity contribution >= 4 is 35.0 Å². The number of aromatic nitrogens is 2. The van der Waals surface area contributed by atoms with Crippen LogP contribution in [-0.2, 0) is 4.79 Å². The molecule has 0 saturated heterocycles. The minimum Gasteiger partial charge on any atom is -0.411 e. The molecule has 0 aliphatic carbocycles. The van der Waals surface area contributed by atoms with Gasteiger partial charge in [0.05, 0.1) is 10.9 Å². The van der Waals surface area contributed by atoms with Gasteiger partial charge in [-0.15, -0.1) is 10.2 Å². The highest BCUT2D eigenvalue weighted by Crippen LogP contribution is 2.27. The number of hydrogen-bond donors (Lipinski definition) is 1. The number of halogens is 3. The van der Waals surface area contributed by atoms with Crippen molar-refractivity contribution in [2.75, 3.05) is 5.32 Å². The van der Waals surface area contributed by atoms with Gasteiger partial charge < -0.3 is 9.73 Å². The van der Waals surface area contributed by atoms with Crippen LogP contribution in [0, 0.1) is 11.6 Å². The first-order valence-electron chi connectivity index (χ1n) is 7.44. The van der Waals surface area contributed by atoms with Gasteiger partial charge in [-0.3, -0.25) is 4.79 Å². The highest BCUT2D eigenvalue weighted by Gasteiger charge is 2.20. The standard InChI is InChI=1S/C17H12ClF2N3O2S/c1-9(15(24)21-14-7-6-12(19)8-13(14)20)26-17-23-22-16(25-17)10-2-4-11(18)5-3-10/h2-9H,1H3,(H,21,24). The van der Waals surface area contributed by atoms with Crippen molar-refractivity contribution in [2.45, 2.75) is 17.4 Å². The molecular formula is C17H12ClF2N3O2S. The number of thioether (sulfide) groups is 1. The minimum atomic E-state index is -0.849. The SMILES string of the molecule is CC(Sc1nnc(-c2ccc(Cl)cc2)o1)C(=O)Nc1ccc(F)cc1F. The molecule has 0 aliphatic rings. The van der Waals surface area contributed by atoms with E-state index in [0.29, 0.717) is 22.5 Å². The van der Waals surface area contributed by atoms with Gasteiger partial charge in [0, 0.05) is 16.7 Å². The van der Waals surface area contributed by atoms with Gasteiger partial charge in [0.2, 0.25) is 11.8 Å². The Morgan fingerprint density at radius 3 is 2.62 bits per heavy atom. The molecule has 0 aliphatic heterocycles. The number of carbonyl (C=O) groups excluding carboxylic acids is 1. The highest BCUT2D eigenvalue weighted by molar-refractivity contribution is 8.00. The lowest BCUT2D eigenvalue weighted by molar-refractivity contribution is -0.115. The largest absolute Gasteiger partial charge is 0.411 e. The third-order valence-electron chi connectivity index (χ3n) is 3.33. The monoisotopic (exact) mass is 395 g/mol. The maximum Gasteiger partial charge on any atom is 0.277 e. The second-order valence-corrected chi connectivity index (χ2v) is 6.98. The Labute approximate surface area is 156 Å². The topological polar surface area (TPSA) is 68.0 Å². The van der Waals surface area contributed by atoms with Gasteiger partial charge in [-0.05, 0) is 43.3 Å². The van der Waals surface area contributed by atoms with Crippen molar-refractivity contribution in [3.05, 3.63) is 59.1 Å². The van der Waals surface area contributed by atoms with E-state index in [0.717, 1.165) is 23.9 Å². The summed E-state index contributed by atoms with van der Waals surface area (Å²) in [5.74, 6) is -1.75. The molecule has 5 nitrogen and oxygen atoms in total. The molecule has 1 aromatic heterocycles. The van der Waals surface area contributed by atoms with E-state index in [-0.39, 0.29) is 10.9 Å². The van der Waals surface area contributed by atoms with Crippen molar-refractivity contribution in [3.8, 4) is 11.5 Å². The lowest BCUT2D eigenvalue weighted by Crippen LogP contribution is -2.23. The van der Waals surface area contributed by atoms with Gasteiger partial charge in [-0.2, -0.15) is 0 Å². The summed E-state index contributed by atoms with van der Waals surface area (Å²) >= 11 is 6.86. The van der Waals surface area contributed by atoms with E-state index < -0.39 is 22.8 Å². The van der Waals surface area contributed by atoms with Crippen LogP contribution in [0.4, 0.5) is 14.5 Å². The molecule has 0 spiro atoms. The molecule has 1 heterocycles. The second kappa shape index (κ2) is 7.84. The van der Waals surface area contributed by atoms with Crippen LogP contribution in [0.2, 0.25) is 5.02 Å². The lowest BCUT2D eigenvalue weighted by atomic mass is 10.2. The third kappa shape index (κ3) is 4.39. The lowest BCUT2D eigenvalue weighted by Gasteiger charge is -2.10. The van der Waals surface area contributed by atoms with E-state index in [1.54, 1.807) is 31.2 Å². The summed E-state index contributed by atoms with van der Waals surface area (Å²) in [5, 5.41) is 10.3. The maximum atomic E-state index is 13.6. The van der Waals surface area contributed by atoms with Crippen LogP contribution in [0.3, 0.4) is 0 Å². The Kier molecular flexibility index (Phi) is 5.53. The summed E-state index contributed by atoms with van der Waals surface area (Å²) in [6.45, 7) is 1.60. The summed E-state index contributed by atoms with van der Waals surface area (Å²) in [6, 6.07) is 9.78. The molecule has 1 amide bonds. The average molecular weight is 396 g/mol. The zero-order chi connectivity index (χ0) is 18.7. The molecule has 0 bridgehead atoms. The van der Waals surface area contributed by atoms with Crippen molar-refractivity contribution < 1.29 is 18.0 Å². The first-order valence-corrected chi connectivity index (χ1v) is 8.70. The average Bonchev–Trinajstić information content (AvgIpc) is 3.06. The Hall–Kier alpha value is -2.45. The molecule has 1 atom stereocenters. The number of carbonyl (C=O) groups is 1. The van der Waals surface area contributed by atoms with Crippen LogP contribution in [0.25, 0.3) is 11.5 Å². The summed E-state index contributed by atoms with van der Waals surface area (Å²) in [4.78, 5) is 12.2. The van der Waals surface area contributed by atoms with Crippen LogP contribution < -0.4 is 5.32 Å². The summed E-state index contributed by atoms with van der Waals surface area (Å²) < 4.78 is 32.0. The van der Waals surface area contributed by atoms with Crippen LogP contribution in [0.5, 0.6) is 0 Å². The molecule has 0 fully saturated rings. The molecule has 3 rings (SSSR count). The molecule has 134 valence electrons. The van der Waals surface area contributed by atoms with E-state index in [1.807, 2.05) is 0 Å². The van der Waals surface area contributed by atoms with Gasteiger partial charge >= 0.3 is 0 Å². The van der Waals surface area contributed by atoms with Crippen LogP contribution >= 0.6 is 23.4 Å². The second-order valence-electron chi connectivity index (χ2n) is 5.25. The quantitative estimate of drug-likeness (QED) is 0.629. The number of nitrogens with one attached hydrogen (secondary N) is 1. The predicted octanol–water partition coefficient (Wildman–Crippen LogP) is 4.79. The fourth-order valence-corrected chi connectivity index (χ4v) is 2.81. The fraction of sp³-hybridized carbons (Fsp3) is 0.118. The van der Waals surface area contributed by atoms with Crippen molar-refractivity contribution in [1.29, 1.82) is 0 Å². The number of hydrogen-bond acceptors (Lipinski definition) is 5. The van der Waals surface area contributed by atoms with Crippen molar-refractivity contribution in [3.63, 3.8) is 0 Å². The van der Waals surface area contributed by atoms with E-state index in [2.05, 4.69) is 15.5 Å². The van der Waals surface area contributed by atoms with Gasteiger partial charge in [-0.25, -0.2) is 8.78 Å². The Balaban J connectivity index is 1.65. The number of benzene rings is 2. The third-order valence-corrected chi connectivity index (χ3v) is 4.52. The number of amides is 1. The molecular weight excluding hydrogens is 384 g/mol. The van der Waals surface area contributed by atoms with E-state index in [9.17, 15) is 13.6 Å². The van der Waals surface area contributed by atoms with E-state index in [4.69, 9.17) is 16.0 Å². The minimum absolute atomic E-state index is 0.101. The molecule has 2 aromatic carbocycles. The smallest absolute Gasteiger partial charge is 0.277 e. The Morgan fingerprint density at radius 1 is 1.19 bits per heavy atom. The van der Waals surface area contributed by atoms with E-state index in [1.165, 1.54) is 0 Å². The maximum absolute atomic E-state index is 13.6. The van der Waals surface area contributed by atoms with Gasteiger partial charge in [-0.1, -0.05) is 23.4 Å². The normalized spacial score (nSPS) is 12.0. The molecule has 1 unspecified atom stereocenters. The summed E-state index contributed by atoms with van der Waals surface area (Å²) in [5.41, 5.74) is 0.593. The van der Waals surface area contributed by atoms with Crippen molar-refractivity contribution in [2.24, 2.45) is 0 Å². The van der Waals surface area contributed by atoms with Crippen LogP contribution in [0.1, 0.15) is 6.92 Å². The summed E-state index contributed by atoms with van der Waals surface area (Å²) in [6.07, 6.45) is 0. The van der Waals surface area contributed by atoms with Gasteiger partial charge in [0.1, 0.15) is 11.6 Å². The highest BCUT2D eigenvalue weighted by atomic mass is 35.5. The number of nitrogens with zero attached hydrogens (tertiary/aromatic N) is 2. The first kappa shape index (κ1) is 18.3. The van der Waals surface area contributed by atoms with Gasteiger partial charge in [0.15, 0.2) is 0 Å². The molecule has 0 radical (unpaired) electrons. The molecule has 0 saturated carbocycles. The zero-order valence-corrected chi connectivity index (χ0v) is 14.9. The Morgan fingerprint density at radius 2 is 1.92 bits per heavy atom. The van der Waals surface area contributed by atoms with Crippen LogP contribution in [0.15, 0.2) is 52.1 Å². The molecule has 26 heavy (non-hydrogen) atoms.